The van der Waals surface area contributed by atoms with E-state index >= 15 is 0 Å². The van der Waals surface area contributed by atoms with Crippen molar-refractivity contribution in [3.8, 4) is 5.75 Å². The predicted octanol–water partition coefficient (Wildman–Crippen LogP) is 0.878. The van der Waals surface area contributed by atoms with Crippen molar-refractivity contribution in [3.05, 3.63) is 28.3 Å². The Morgan fingerprint density at radius 3 is 2.62 bits per heavy atom. The molecule has 0 saturated carbocycles. The van der Waals surface area contributed by atoms with Crippen LogP contribution in [0.2, 0.25) is 0 Å². The fourth-order valence-electron chi connectivity index (χ4n) is 2.75. The average Bonchev–Trinajstić information content (AvgIpc) is 2.54. The minimum Gasteiger partial charge on any atom is -0.497 e. The molecule has 1 aromatic carbocycles. The minimum absolute atomic E-state index is 0.0813. The normalized spacial score (nSPS) is 22.1. The Morgan fingerprint density at radius 2 is 2.08 bits per heavy atom. The molecule has 24 heavy (non-hydrogen) atoms. The van der Waals surface area contributed by atoms with Gasteiger partial charge in [0.15, 0.2) is 4.90 Å². The molecule has 1 amide bonds. The molecule has 2 atom stereocenters. The van der Waals surface area contributed by atoms with Gasteiger partial charge in [-0.1, -0.05) is 0 Å². The number of nitrogens with zero attached hydrogens (tertiary/aromatic N) is 2. The molecule has 10 heteroatoms. The van der Waals surface area contributed by atoms with E-state index in [0.717, 1.165) is 16.4 Å². The molecule has 0 bridgehead atoms. The summed E-state index contributed by atoms with van der Waals surface area (Å²) < 4.78 is 31.9. The Bertz CT molecular complexity index is 764. The molecule has 0 aliphatic carbocycles. The van der Waals surface area contributed by atoms with E-state index in [-0.39, 0.29) is 18.3 Å². The molecular weight excluding hydrogens is 338 g/mol. The van der Waals surface area contributed by atoms with Crippen molar-refractivity contribution in [2.45, 2.75) is 30.7 Å². The molecule has 0 unspecified atom stereocenters. The molecule has 0 radical (unpaired) electrons. The number of nitro benzene ring substituents is 1. The number of methoxy groups -OCH3 is 1. The second kappa shape index (κ2) is 6.73. The number of amides is 1. The minimum atomic E-state index is -4.15. The summed E-state index contributed by atoms with van der Waals surface area (Å²) in [4.78, 5) is 21.5. The van der Waals surface area contributed by atoms with Crippen LogP contribution in [-0.4, -0.2) is 43.2 Å². The molecule has 1 aliphatic heterocycles. The molecule has 9 nitrogen and oxygen atoms in total. The highest BCUT2D eigenvalue weighted by atomic mass is 32.2. The number of hydrogen-bond donors (Lipinski definition) is 1. The third-order valence-corrected chi connectivity index (χ3v) is 6.20. The zero-order valence-electron chi connectivity index (χ0n) is 13.3. The molecule has 0 aromatic heterocycles. The summed E-state index contributed by atoms with van der Waals surface area (Å²) in [5.74, 6) is -0.998. The number of sulfonamides is 1. The standard InChI is InChI=1S/C14H19N3O6S/c1-9-3-4-10(14(15)18)8-16(9)24(21,22)13-6-5-11(23-2)7-12(13)17(19)20/h5-7,9-10H,3-4,8H2,1-2H3,(H2,15,18)/t9-,10-/m0/s1. The summed E-state index contributed by atoms with van der Waals surface area (Å²) in [5.41, 5.74) is 4.72. The Labute approximate surface area is 139 Å². The predicted molar refractivity (Wildman–Crippen MR) is 84.9 cm³/mol. The van der Waals surface area contributed by atoms with Crippen LogP contribution in [0.3, 0.4) is 0 Å². The Balaban J connectivity index is 2.49. The average molecular weight is 357 g/mol. The maximum absolute atomic E-state index is 12.9. The SMILES string of the molecule is COc1ccc(S(=O)(=O)N2C[C@@H](C(N)=O)CC[C@@H]2C)c([N+](=O)[O-])c1. The van der Waals surface area contributed by atoms with Gasteiger partial charge < -0.3 is 10.5 Å². The van der Waals surface area contributed by atoms with Gasteiger partial charge in [0, 0.05) is 12.6 Å². The highest BCUT2D eigenvalue weighted by molar-refractivity contribution is 7.89. The number of benzene rings is 1. The second-order valence-electron chi connectivity index (χ2n) is 5.69. The van der Waals surface area contributed by atoms with Crippen molar-refractivity contribution >= 4 is 21.6 Å². The number of rotatable bonds is 5. The van der Waals surface area contributed by atoms with Crippen LogP contribution in [0, 0.1) is 16.0 Å². The quantitative estimate of drug-likeness (QED) is 0.614. The van der Waals surface area contributed by atoms with Crippen molar-refractivity contribution in [1.29, 1.82) is 0 Å². The number of primary amides is 1. The highest BCUT2D eigenvalue weighted by Crippen LogP contribution is 2.34. The fourth-order valence-corrected chi connectivity index (χ4v) is 4.60. The van der Waals surface area contributed by atoms with E-state index in [1.165, 1.54) is 13.2 Å². The molecule has 1 heterocycles. The third-order valence-electron chi connectivity index (χ3n) is 4.18. The Hall–Kier alpha value is -2.20. The van der Waals surface area contributed by atoms with Crippen LogP contribution >= 0.6 is 0 Å². The monoisotopic (exact) mass is 357 g/mol. The van der Waals surface area contributed by atoms with Crippen molar-refractivity contribution in [1.82, 2.24) is 4.31 Å². The zero-order chi connectivity index (χ0) is 18.1. The number of hydrogen-bond acceptors (Lipinski definition) is 6. The summed E-state index contributed by atoms with van der Waals surface area (Å²) >= 11 is 0. The lowest BCUT2D eigenvalue weighted by Gasteiger charge is -2.35. The van der Waals surface area contributed by atoms with Gasteiger partial charge >= 0.3 is 0 Å². The number of nitro groups is 1. The molecule has 1 saturated heterocycles. The lowest BCUT2D eigenvalue weighted by Crippen LogP contribution is -2.48. The van der Waals surface area contributed by atoms with Gasteiger partial charge in [0.25, 0.3) is 5.69 Å². The summed E-state index contributed by atoms with van der Waals surface area (Å²) in [6, 6.07) is 3.17. The van der Waals surface area contributed by atoms with Crippen LogP contribution in [-0.2, 0) is 14.8 Å². The molecular formula is C14H19N3O6S. The molecule has 2 N–H and O–H groups in total. The Morgan fingerprint density at radius 1 is 1.42 bits per heavy atom. The lowest BCUT2D eigenvalue weighted by molar-refractivity contribution is -0.387. The number of ether oxygens (including phenoxy) is 1. The number of piperidine rings is 1. The van der Waals surface area contributed by atoms with Gasteiger partial charge in [-0.05, 0) is 31.9 Å². The number of carbonyl (C=O) groups excluding carboxylic acids is 1. The third kappa shape index (κ3) is 3.34. The van der Waals surface area contributed by atoms with E-state index in [4.69, 9.17) is 10.5 Å². The van der Waals surface area contributed by atoms with Crippen LogP contribution < -0.4 is 10.5 Å². The van der Waals surface area contributed by atoms with Crippen LogP contribution in [0.5, 0.6) is 5.75 Å². The van der Waals surface area contributed by atoms with Gasteiger partial charge in [0.1, 0.15) is 5.75 Å². The van der Waals surface area contributed by atoms with Crippen molar-refractivity contribution in [3.63, 3.8) is 0 Å². The number of nitrogens with two attached hydrogens (primary N) is 1. The zero-order valence-corrected chi connectivity index (χ0v) is 14.2. The van der Waals surface area contributed by atoms with Crippen LogP contribution in [0.15, 0.2) is 23.1 Å². The first-order chi connectivity index (χ1) is 11.2. The molecule has 0 spiro atoms. The van der Waals surface area contributed by atoms with Crippen molar-refractivity contribution < 1.29 is 22.9 Å². The second-order valence-corrected chi connectivity index (χ2v) is 7.55. The maximum atomic E-state index is 12.9. The first kappa shape index (κ1) is 18.1. The fraction of sp³-hybridized carbons (Fsp3) is 0.500. The molecule has 132 valence electrons. The van der Waals surface area contributed by atoms with E-state index in [1.807, 2.05) is 0 Å². The largest absolute Gasteiger partial charge is 0.497 e. The van der Waals surface area contributed by atoms with Gasteiger partial charge in [-0.3, -0.25) is 14.9 Å². The van der Waals surface area contributed by atoms with Crippen molar-refractivity contribution in [2.75, 3.05) is 13.7 Å². The van der Waals surface area contributed by atoms with E-state index in [0.29, 0.717) is 12.8 Å². The number of carbonyl (C=O) groups is 1. The topological polar surface area (TPSA) is 133 Å². The molecule has 1 aliphatic rings. The molecule has 1 aromatic rings. The first-order valence-electron chi connectivity index (χ1n) is 7.32. The van der Waals surface area contributed by atoms with Gasteiger partial charge in [0.05, 0.1) is 24.0 Å². The van der Waals surface area contributed by atoms with Crippen LogP contribution in [0.4, 0.5) is 5.69 Å². The molecule has 1 fully saturated rings. The van der Waals surface area contributed by atoms with Gasteiger partial charge in [-0.2, -0.15) is 4.31 Å². The van der Waals surface area contributed by atoms with Gasteiger partial charge in [0.2, 0.25) is 15.9 Å². The van der Waals surface area contributed by atoms with Crippen LogP contribution in [0.25, 0.3) is 0 Å². The van der Waals surface area contributed by atoms with E-state index in [1.54, 1.807) is 6.92 Å². The van der Waals surface area contributed by atoms with Crippen molar-refractivity contribution in [2.24, 2.45) is 11.7 Å². The smallest absolute Gasteiger partial charge is 0.293 e. The maximum Gasteiger partial charge on any atom is 0.293 e. The highest BCUT2D eigenvalue weighted by Gasteiger charge is 2.39. The van der Waals surface area contributed by atoms with Gasteiger partial charge in [-0.25, -0.2) is 8.42 Å². The van der Waals surface area contributed by atoms with E-state index < -0.39 is 37.4 Å². The van der Waals surface area contributed by atoms with E-state index in [2.05, 4.69) is 0 Å². The summed E-state index contributed by atoms with van der Waals surface area (Å²) in [5, 5.41) is 11.3. The van der Waals surface area contributed by atoms with Gasteiger partial charge in [-0.15, -0.1) is 0 Å². The Kier molecular flexibility index (Phi) is 5.09. The molecule has 2 rings (SSSR count). The summed E-state index contributed by atoms with van der Waals surface area (Å²) in [6.07, 6.45) is 0.948. The summed E-state index contributed by atoms with van der Waals surface area (Å²) in [6.45, 7) is 1.62. The lowest BCUT2D eigenvalue weighted by atomic mass is 9.95. The van der Waals surface area contributed by atoms with E-state index in [9.17, 15) is 23.3 Å². The summed E-state index contributed by atoms with van der Waals surface area (Å²) in [7, 11) is -2.82. The van der Waals surface area contributed by atoms with Crippen LogP contribution in [0.1, 0.15) is 19.8 Å². The first-order valence-corrected chi connectivity index (χ1v) is 8.76.